The molecule has 1 atom stereocenters. The molecule has 0 aliphatic rings. The zero-order valence-electron chi connectivity index (χ0n) is 23.9. The third-order valence-corrected chi connectivity index (χ3v) is 8.36. The maximum atomic E-state index is 14.1. The maximum Gasteiger partial charge on any atom is 0.264 e. The number of anilines is 1. The number of hydrogen-bond acceptors (Lipinski definition) is 4. The number of benzene rings is 3. The number of hydrogen-bond donors (Lipinski definition) is 1. The molecule has 0 fully saturated rings. The molecule has 0 bridgehead atoms. The van der Waals surface area contributed by atoms with Crippen molar-refractivity contribution in [3.05, 3.63) is 94.5 Å². The van der Waals surface area contributed by atoms with Crippen LogP contribution in [0.1, 0.15) is 50.8 Å². The average molecular weight is 584 g/mol. The summed E-state index contributed by atoms with van der Waals surface area (Å²) in [5.74, 6) is -0.783. The number of amides is 2. The minimum absolute atomic E-state index is 0.00743. The standard InChI is InChI=1S/C31H38ClN3O4S/c1-7-28(30(37)33-31(4,5)6)34(20-24-10-8-9-23(3)19-24)29(36)21-35(26-15-11-22(2)12-16-26)40(38,39)27-17-13-25(32)14-18-27/h8-19,28H,7,20-21H2,1-6H3,(H,33,37). The van der Waals surface area contributed by atoms with E-state index in [-0.39, 0.29) is 17.3 Å². The Balaban J connectivity index is 2.07. The van der Waals surface area contributed by atoms with E-state index in [1.165, 1.54) is 29.2 Å². The molecule has 0 heterocycles. The number of aryl methyl sites for hydroxylation is 2. The second-order valence-electron chi connectivity index (χ2n) is 11.0. The van der Waals surface area contributed by atoms with E-state index in [0.29, 0.717) is 17.1 Å². The Morgan fingerprint density at radius 3 is 2.10 bits per heavy atom. The fraction of sp³-hybridized carbons (Fsp3) is 0.355. The van der Waals surface area contributed by atoms with Gasteiger partial charge in [0, 0.05) is 17.1 Å². The molecular formula is C31H38ClN3O4S. The van der Waals surface area contributed by atoms with Gasteiger partial charge in [0.05, 0.1) is 10.6 Å². The van der Waals surface area contributed by atoms with Crippen molar-refractivity contribution in [2.75, 3.05) is 10.8 Å². The third-order valence-electron chi connectivity index (χ3n) is 6.32. The third kappa shape index (κ3) is 8.08. The van der Waals surface area contributed by atoms with Gasteiger partial charge in [-0.3, -0.25) is 13.9 Å². The fourth-order valence-corrected chi connectivity index (χ4v) is 5.89. The van der Waals surface area contributed by atoms with Gasteiger partial charge >= 0.3 is 0 Å². The summed E-state index contributed by atoms with van der Waals surface area (Å²) in [4.78, 5) is 29.0. The highest BCUT2D eigenvalue weighted by atomic mass is 35.5. The highest BCUT2D eigenvalue weighted by Crippen LogP contribution is 2.26. The SMILES string of the molecule is CCC(C(=O)NC(C)(C)C)N(Cc1cccc(C)c1)C(=O)CN(c1ccc(C)cc1)S(=O)(=O)c1ccc(Cl)cc1. The minimum atomic E-state index is -4.15. The lowest BCUT2D eigenvalue weighted by atomic mass is 10.0. The Labute approximate surface area is 243 Å². The highest BCUT2D eigenvalue weighted by molar-refractivity contribution is 7.92. The fourth-order valence-electron chi connectivity index (χ4n) is 4.35. The number of sulfonamides is 1. The van der Waals surface area contributed by atoms with Gasteiger partial charge in [0.1, 0.15) is 12.6 Å². The highest BCUT2D eigenvalue weighted by Gasteiger charge is 2.34. The Hall–Kier alpha value is -3.36. The van der Waals surface area contributed by atoms with Crippen LogP contribution in [-0.4, -0.2) is 43.3 Å². The van der Waals surface area contributed by atoms with E-state index in [0.717, 1.165) is 21.0 Å². The Morgan fingerprint density at radius 2 is 1.55 bits per heavy atom. The molecule has 214 valence electrons. The molecule has 3 aromatic carbocycles. The van der Waals surface area contributed by atoms with Crippen LogP contribution in [0.3, 0.4) is 0 Å². The van der Waals surface area contributed by atoms with E-state index < -0.39 is 34.1 Å². The number of rotatable bonds is 10. The molecule has 0 radical (unpaired) electrons. The van der Waals surface area contributed by atoms with Gasteiger partial charge in [-0.05, 0) is 83.0 Å². The van der Waals surface area contributed by atoms with Crippen molar-refractivity contribution in [3.8, 4) is 0 Å². The van der Waals surface area contributed by atoms with Crippen LogP contribution in [0, 0.1) is 13.8 Å². The van der Waals surface area contributed by atoms with Gasteiger partial charge < -0.3 is 10.2 Å². The summed E-state index contributed by atoms with van der Waals surface area (Å²) in [6.45, 7) is 11.0. The topological polar surface area (TPSA) is 86.8 Å². The van der Waals surface area contributed by atoms with Crippen molar-refractivity contribution in [1.82, 2.24) is 10.2 Å². The number of nitrogens with one attached hydrogen (secondary N) is 1. The van der Waals surface area contributed by atoms with Crippen LogP contribution in [0.4, 0.5) is 5.69 Å². The molecule has 2 amide bonds. The molecule has 0 aromatic heterocycles. The molecule has 0 saturated heterocycles. The molecular weight excluding hydrogens is 546 g/mol. The van der Waals surface area contributed by atoms with E-state index >= 15 is 0 Å². The molecule has 9 heteroatoms. The second-order valence-corrected chi connectivity index (χ2v) is 13.3. The molecule has 1 unspecified atom stereocenters. The minimum Gasteiger partial charge on any atom is -0.350 e. The van der Waals surface area contributed by atoms with Crippen molar-refractivity contribution < 1.29 is 18.0 Å². The number of carbonyl (C=O) groups excluding carboxylic acids is 2. The first-order chi connectivity index (χ1) is 18.7. The van der Waals surface area contributed by atoms with E-state index in [2.05, 4.69) is 5.32 Å². The van der Waals surface area contributed by atoms with Crippen LogP contribution < -0.4 is 9.62 Å². The van der Waals surface area contributed by atoms with Crippen molar-refractivity contribution >= 4 is 39.1 Å². The summed E-state index contributed by atoms with van der Waals surface area (Å²) in [6.07, 6.45) is 0.355. The van der Waals surface area contributed by atoms with Crippen LogP contribution in [0.25, 0.3) is 0 Å². The second kappa shape index (κ2) is 12.9. The van der Waals surface area contributed by atoms with Gasteiger partial charge in [0.15, 0.2) is 0 Å². The predicted octanol–water partition coefficient (Wildman–Crippen LogP) is 5.87. The molecule has 3 aromatic rings. The van der Waals surface area contributed by atoms with Gasteiger partial charge in [-0.1, -0.05) is 66.0 Å². The zero-order valence-corrected chi connectivity index (χ0v) is 25.5. The average Bonchev–Trinajstić information content (AvgIpc) is 2.87. The lowest BCUT2D eigenvalue weighted by Gasteiger charge is -2.35. The Bertz CT molecular complexity index is 1430. The van der Waals surface area contributed by atoms with E-state index in [4.69, 9.17) is 11.6 Å². The quantitative estimate of drug-likeness (QED) is 0.323. The number of carbonyl (C=O) groups is 2. The van der Waals surface area contributed by atoms with Crippen LogP contribution in [0.5, 0.6) is 0 Å². The van der Waals surface area contributed by atoms with Crippen molar-refractivity contribution in [2.45, 2.75) is 71.0 Å². The molecule has 1 N–H and O–H groups in total. The van der Waals surface area contributed by atoms with Crippen molar-refractivity contribution in [3.63, 3.8) is 0 Å². The van der Waals surface area contributed by atoms with Gasteiger partial charge in [-0.2, -0.15) is 0 Å². The maximum absolute atomic E-state index is 14.1. The summed E-state index contributed by atoms with van der Waals surface area (Å²) in [5, 5.41) is 3.38. The normalized spacial score (nSPS) is 12.5. The van der Waals surface area contributed by atoms with E-state index in [1.54, 1.807) is 24.3 Å². The van der Waals surface area contributed by atoms with E-state index in [9.17, 15) is 18.0 Å². The summed E-state index contributed by atoms with van der Waals surface area (Å²) < 4.78 is 28.9. The molecule has 0 aliphatic carbocycles. The zero-order chi connectivity index (χ0) is 29.7. The first-order valence-corrected chi connectivity index (χ1v) is 15.0. The molecule has 0 aliphatic heterocycles. The van der Waals surface area contributed by atoms with Crippen LogP contribution >= 0.6 is 11.6 Å². The van der Waals surface area contributed by atoms with Gasteiger partial charge in [-0.15, -0.1) is 0 Å². The van der Waals surface area contributed by atoms with Gasteiger partial charge in [-0.25, -0.2) is 8.42 Å². The van der Waals surface area contributed by atoms with Crippen LogP contribution in [0.15, 0.2) is 77.7 Å². The lowest BCUT2D eigenvalue weighted by molar-refractivity contribution is -0.141. The largest absolute Gasteiger partial charge is 0.350 e. The summed E-state index contributed by atoms with van der Waals surface area (Å²) in [6, 6.07) is 19.7. The van der Waals surface area contributed by atoms with E-state index in [1.807, 2.05) is 65.8 Å². The Morgan fingerprint density at radius 1 is 0.925 bits per heavy atom. The molecule has 0 spiro atoms. The molecule has 0 saturated carbocycles. The van der Waals surface area contributed by atoms with Gasteiger partial charge in [0.2, 0.25) is 11.8 Å². The van der Waals surface area contributed by atoms with Gasteiger partial charge in [0.25, 0.3) is 10.0 Å². The monoisotopic (exact) mass is 583 g/mol. The Kier molecular flexibility index (Phi) is 10.0. The van der Waals surface area contributed by atoms with Crippen molar-refractivity contribution in [2.24, 2.45) is 0 Å². The smallest absolute Gasteiger partial charge is 0.264 e. The summed E-state index contributed by atoms with van der Waals surface area (Å²) in [7, 11) is -4.15. The van der Waals surface area contributed by atoms with Crippen LogP contribution in [-0.2, 0) is 26.2 Å². The van der Waals surface area contributed by atoms with Crippen LogP contribution in [0.2, 0.25) is 5.02 Å². The summed E-state index contributed by atoms with van der Waals surface area (Å²) >= 11 is 6.01. The number of halogens is 1. The van der Waals surface area contributed by atoms with Crippen molar-refractivity contribution in [1.29, 1.82) is 0 Å². The molecule has 7 nitrogen and oxygen atoms in total. The molecule has 40 heavy (non-hydrogen) atoms. The number of nitrogens with zero attached hydrogens (tertiary/aromatic N) is 2. The first kappa shape index (κ1) is 31.2. The molecule has 3 rings (SSSR count). The predicted molar refractivity (Wildman–Crippen MR) is 161 cm³/mol. The first-order valence-electron chi connectivity index (χ1n) is 13.2. The summed E-state index contributed by atoms with van der Waals surface area (Å²) in [5.41, 5.74) is 2.65. The lowest BCUT2D eigenvalue weighted by Crippen LogP contribution is -2.55.